The first-order chi connectivity index (χ1) is 14.6. The van der Waals surface area contributed by atoms with Crippen LogP contribution in [-0.4, -0.2) is 5.91 Å². The number of benzene rings is 3. The van der Waals surface area contributed by atoms with Gasteiger partial charge in [0.1, 0.15) is 12.5 Å². The molecule has 3 aromatic carbocycles. The van der Waals surface area contributed by atoms with Crippen molar-refractivity contribution in [3.8, 4) is 0 Å². The molecule has 0 spiro atoms. The molecule has 3 aromatic rings. The second-order valence-corrected chi connectivity index (χ2v) is 7.35. The minimum Gasteiger partial charge on any atom is -0.487 e. The van der Waals surface area contributed by atoms with Gasteiger partial charge in [0.2, 0.25) is 5.91 Å². The predicted octanol–water partition coefficient (Wildman–Crippen LogP) is 6.37. The van der Waals surface area contributed by atoms with Gasteiger partial charge in [-0.25, -0.2) is 0 Å². The van der Waals surface area contributed by atoms with Gasteiger partial charge in [0.25, 0.3) is 0 Å². The van der Waals surface area contributed by atoms with E-state index in [0.29, 0.717) is 16.3 Å². The number of carbonyl (C=O) groups is 1. The van der Waals surface area contributed by atoms with E-state index in [0.717, 1.165) is 5.56 Å². The lowest BCUT2D eigenvalue weighted by Crippen LogP contribution is -2.56. The van der Waals surface area contributed by atoms with Crippen molar-refractivity contribution in [3.05, 3.63) is 113 Å². The number of para-hydroxylation sites is 1. The number of ether oxygens (including phenoxy) is 1. The quantitative estimate of drug-likeness (QED) is 0.339. The van der Waals surface area contributed by atoms with Crippen molar-refractivity contribution in [1.29, 1.82) is 0 Å². The lowest BCUT2D eigenvalue weighted by molar-refractivity contribution is -0.131. The van der Waals surface area contributed by atoms with Crippen LogP contribution in [0.1, 0.15) is 17.2 Å². The molecule has 3 nitrogen and oxygen atoms in total. The predicted molar refractivity (Wildman–Crippen MR) is 112 cm³/mol. The van der Waals surface area contributed by atoms with Crippen LogP contribution >= 0.6 is 11.6 Å². The molecule has 1 aliphatic rings. The van der Waals surface area contributed by atoms with E-state index in [-0.39, 0.29) is 6.61 Å². The van der Waals surface area contributed by atoms with Crippen molar-refractivity contribution in [2.45, 2.75) is 12.6 Å². The first kappa shape index (κ1) is 20.1. The molecular weight excluding hydrogens is 408 g/mol. The smallest absolute Gasteiger partial charge is 0.308 e. The van der Waals surface area contributed by atoms with Crippen molar-refractivity contribution >= 4 is 23.2 Å². The highest BCUT2D eigenvalue weighted by Gasteiger charge is 2.53. The molecule has 0 aromatic heterocycles. The number of halogens is 3. The van der Waals surface area contributed by atoms with Gasteiger partial charge < -0.3 is 9.64 Å². The number of carbonyl (C=O) groups excluding carboxylic acids is 1. The largest absolute Gasteiger partial charge is 0.487 e. The van der Waals surface area contributed by atoms with Crippen molar-refractivity contribution in [2.24, 2.45) is 5.92 Å². The van der Waals surface area contributed by atoms with Gasteiger partial charge in [-0.1, -0.05) is 72.3 Å². The van der Waals surface area contributed by atoms with E-state index >= 15 is 0 Å². The Kier molecular flexibility index (Phi) is 5.81. The summed E-state index contributed by atoms with van der Waals surface area (Å²) >= 11 is 5.99. The van der Waals surface area contributed by atoms with Crippen LogP contribution in [0.4, 0.5) is 14.5 Å². The van der Waals surface area contributed by atoms with E-state index in [1.807, 2.05) is 12.1 Å². The number of rotatable bonds is 6. The fourth-order valence-electron chi connectivity index (χ4n) is 3.62. The van der Waals surface area contributed by atoms with Crippen LogP contribution in [0.15, 0.2) is 96.8 Å². The molecular formula is C24H18ClF2NO2. The summed E-state index contributed by atoms with van der Waals surface area (Å²) < 4.78 is 33.3. The number of nitrogens with zero attached hydrogens (tertiary/aromatic N) is 1. The Morgan fingerprint density at radius 1 is 0.900 bits per heavy atom. The molecule has 0 radical (unpaired) electrons. The highest BCUT2D eigenvalue weighted by Crippen LogP contribution is 2.48. The first-order valence-electron chi connectivity index (χ1n) is 9.41. The van der Waals surface area contributed by atoms with Gasteiger partial charge in [-0.15, -0.1) is 0 Å². The molecule has 0 bridgehead atoms. The minimum atomic E-state index is -1.99. The number of amides is 1. The van der Waals surface area contributed by atoms with Crippen molar-refractivity contribution < 1.29 is 18.3 Å². The minimum absolute atomic E-state index is 0.0457. The van der Waals surface area contributed by atoms with Gasteiger partial charge in [-0.3, -0.25) is 4.79 Å². The fraction of sp³-hybridized carbons (Fsp3) is 0.125. The summed E-state index contributed by atoms with van der Waals surface area (Å²) in [4.78, 5) is 14.5. The molecule has 1 fully saturated rings. The van der Waals surface area contributed by atoms with Gasteiger partial charge >= 0.3 is 6.08 Å². The summed E-state index contributed by atoms with van der Waals surface area (Å²) in [6.07, 6.45) is -1.99. The summed E-state index contributed by atoms with van der Waals surface area (Å²) in [6.45, 7) is -0.0457. The maximum absolute atomic E-state index is 13.9. The molecule has 152 valence electrons. The third-order valence-electron chi connectivity index (χ3n) is 5.05. The van der Waals surface area contributed by atoms with Crippen molar-refractivity contribution in [2.75, 3.05) is 4.90 Å². The Labute approximate surface area is 178 Å². The molecule has 1 amide bonds. The van der Waals surface area contributed by atoms with Crippen LogP contribution in [0.2, 0.25) is 5.02 Å². The Bertz CT molecular complexity index is 1050. The van der Waals surface area contributed by atoms with Crippen LogP contribution in [0.5, 0.6) is 0 Å². The van der Waals surface area contributed by atoms with E-state index in [4.69, 9.17) is 16.3 Å². The molecule has 1 aliphatic heterocycles. The molecule has 6 heteroatoms. The van der Waals surface area contributed by atoms with Crippen LogP contribution in [0, 0.1) is 5.92 Å². The van der Waals surface area contributed by atoms with Gasteiger partial charge in [0.15, 0.2) is 5.76 Å². The van der Waals surface area contributed by atoms with Crippen LogP contribution in [0.3, 0.4) is 0 Å². The second kappa shape index (κ2) is 8.67. The average Bonchev–Trinajstić information content (AvgIpc) is 2.76. The van der Waals surface area contributed by atoms with Gasteiger partial charge in [0.05, 0.1) is 6.04 Å². The van der Waals surface area contributed by atoms with E-state index in [2.05, 4.69) is 0 Å². The molecule has 0 unspecified atom stereocenters. The third-order valence-corrected chi connectivity index (χ3v) is 5.30. The van der Waals surface area contributed by atoms with Crippen LogP contribution < -0.4 is 4.90 Å². The highest BCUT2D eigenvalue weighted by atomic mass is 35.5. The lowest BCUT2D eigenvalue weighted by atomic mass is 9.80. The Morgan fingerprint density at radius 2 is 1.50 bits per heavy atom. The Balaban J connectivity index is 1.68. The number of hydrogen-bond acceptors (Lipinski definition) is 2. The molecule has 2 atom stereocenters. The van der Waals surface area contributed by atoms with E-state index in [1.165, 1.54) is 4.90 Å². The zero-order chi connectivity index (χ0) is 21.1. The van der Waals surface area contributed by atoms with Crippen LogP contribution in [0.25, 0.3) is 0 Å². The highest BCUT2D eigenvalue weighted by molar-refractivity contribution is 6.30. The molecule has 4 rings (SSSR count). The number of hydrogen-bond donors (Lipinski definition) is 0. The van der Waals surface area contributed by atoms with Crippen molar-refractivity contribution in [3.63, 3.8) is 0 Å². The van der Waals surface area contributed by atoms with E-state index < -0.39 is 29.7 Å². The van der Waals surface area contributed by atoms with Gasteiger partial charge in [-0.2, -0.15) is 8.78 Å². The summed E-state index contributed by atoms with van der Waals surface area (Å²) in [7, 11) is 0. The summed E-state index contributed by atoms with van der Waals surface area (Å²) in [5.41, 5.74) is 2.08. The number of β-lactam (4-membered cyclic amide) rings is 1. The average molecular weight is 426 g/mol. The fourth-order valence-corrected chi connectivity index (χ4v) is 3.75. The van der Waals surface area contributed by atoms with Crippen molar-refractivity contribution in [1.82, 2.24) is 0 Å². The Hall–Kier alpha value is -3.18. The molecule has 1 saturated heterocycles. The zero-order valence-electron chi connectivity index (χ0n) is 15.8. The van der Waals surface area contributed by atoms with Gasteiger partial charge in [-0.05, 0) is 35.4 Å². The topological polar surface area (TPSA) is 29.5 Å². The van der Waals surface area contributed by atoms with Crippen LogP contribution in [-0.2, 0) is 16.1 Å². The lowest BCUT2D eigenvalue weighted by Gasteiger charge is -2.47. The maximum atomic E-state index is 13.9. The standard InChI is InChI=1S/C24H18ClF2NO2/c25-18-13-11-17(12-14-18)21-20(24(29)28(21)19-9-5-2-6-10-19)22(23(26)27)30-15-16-7-3-1-4-8-16/h1-14,20-21H,15H2/t20-,21+/m0/s1. The van der Waals surface area contributed by atoms with E-state index in [9.17, 15) is 13.6 Å². The summed E-state index contributed by atoms with van der Waals surface area (Å²) in [6, 6.07) is 24.2. The normalized spacial score (nSPS) is 18.0. The monoisotopic (exact) mass is 425 g/mol. The third kappa shape index (κ3) is 3.94. The molecule has 0 aliphatic carbocycles. The second-order valence-electron chi connectivity index (χ2n) is 6.92. The maximum Gasteiger partial charge on any atom is 0.308 e. The first-order valence-corrected chi connectivity index (χ1v) is 9.79. The molecule has 30 heavy (non-hydrogen) atoms. The van der Waals surface area contributed by atoms with E-state index in [1.54, 1.807) is 72.8 Å². The SMILES string of the molecule is O=C1[C@H](C(OCc2ccccc2)=C(F)F)[C@@H](c2ccc(Cl)cc2)N1c1ccccc1. The molecule has 1 heterocycles. The number of anilines is 1. The van der Waals surface area contributed by atoms with Gasteiger partial charge in [0, 0.05) is 10.7 Å². The molecule has 0 N–H and O–H groups in total. The molecule has 0 saturated carbocycles. The Morgan fingerprint density at radius 3 is 2.10 bits per heavy atom. The zero-order valence-corrected chi connectivity index (χ0v) is 16.6. The summed E-state index contributed by atoms with van der Waals surface area (Å²) in [5, 5.41) is 0.528. The summed E-state index contributed by atoms with van der Waals surface area (Å²) in [5.74, 6) is -2.13.